The highest BCUT2D eigenvalue weighted by Gasteiger charge is 2.13. The number of hydrogen-bond acceptors (Lipinski definition) is 1. The Balaban J connectivity index is 0.000000231. The molecule has 0 aliphatic heterocycles. The first-order valence-electron chi connectivity index (χ1n) is 12.3. The fourth-order valence-electron chi connectivity index (χ4n) is 4.13. The second-order valence-electron chi connectivity index (χ2n) is 8.91. The van der Waals surface area contributed by atoms with Gasteiger partial charge in [0.2, 0.25) is 0 Å². The highest BCUT2D eigenvalue weighted by atomic mass is 19.1. The Morgan fingerprint density at radius 1 is 0.719 bits per heavy atom. The molecule has 1 N–H and O–H groups in total. The van der Waals surface area contributed by atoms with Crippen LogP contribution in [0.15, 0.2) is 60.7 Å². The van der Waals surface area contributed by atoms with Gasteiger partial charge in [0, 0.05) is 0 Å². The molecule has 0 radical (unpaired) electrons. The molecule has 32 heavy (non-hydrogen) atoms. The van der Waals surface area contributed by atoms with Gasteiger partial charge in [0.05, 0.1) is 12.8 Å². The molecule has 3 unspecified atom stereocenters. The highest BCUT2D eigenvalue weighted by Crippen LogP contribution is 2.24. The Bertz CT molecular complexity index is 838. The topological polar surface area (TPSA) is 20.2 Å². The minimum Gasteiger partial charge on any atom is -0.390 e. The average Bonchev–Trinajstić information content (AvgIpc) is 2.83. The van der Waals surface area contributed by atoms with E-state index in [9.17, 15) is 13.9 Å². The Hall–Kier alpha value is -2.00. The van der Waals surface area contributed by atoms with Gasteiger partial charge >= 0.3 is 0 Å². The summed E-state index contributed by atoms with van der Waals surface area (Å²) in [5.41, 5.74) is 0. The van der Waals surface area contributed by atoms with Crippen LogP contribution in [0.25, 0.3) is 21.5 Å². The van der Waals surface area contributed by atoms with Gasteiger partial charge in [-0.05, 0) is 53.6 Å². The molecular weight excluding hydrogens is 402 g/mol. The first kappa shape index (κ1) is 26.3. The van der Waals surface area contributed by atoms with Crippen LogP contribution in [0, 0.1) is 5.92 Å². The molecule has 0 fully saturated rings. The Kier molecular flexibility index (Phi) is 12.3. The number of benzene rings is 3. The molecule has 0 bridgehead atoms. The molecule has 3 aromatic rings. The van der Waals surface area contributed by atoms with Crippen molar-refractivity contribution in [3.8, 4) is 0 Å². The lowest BCUT2D eigenvalue weighted by molar-refractivity contribution is 0.0777. The van der Waals surface area contributed by atoms with Crippen molar-refractivity contribution < 1.29 is 13.9 Å². The average molecular weight is 443 g/mol. The van der Waals surface area contributed by atoms with Crippen molar-refractivity contribution in [1.82, 2.24) is 0 Å². The maximum atomic E-state index is 12.8. The summed E-state index contributed by atoms with van der Waals surface area (Å²) in [4.78, 5) is 0. The van der Waals surface area contributed by atoms with E-state index in [1.54, 1.807) is 0 Å². The first-order valence-corrected chi connectivity index (χ1v) is 12.3. The number of aliphatic hydroxyl groups excluding tert-OH is 1. The summed E-state index contributed by atoms with van der Waals surface area (Å²) in [6.07, 6.45) is 6.78. The van der Waals surface area contributed by atoms with Crippen LogP contribution in [-0.2, 0) is 0 Å². The molecule has 3 heteroatoms. The maximum absolute atomic E-state index is 12.8. The lowest BCUT2D eigenvalue weighted by atomic mass is 9.95. The number of fused-ring (bicyclic) bond motifs is 3. The molecule has 1 nitrogen and oxygen atoms in total. The van der Waals surface area contributed by atoms with E-state index in [1.807, 2.05) is 0 Å². The van der Waals surface area contributed by atoms with Crippen LogP contribution in [0.2, 0.25) is 0 Å². The zero-order valence-corrected chi connectivity index (χ0v) is 19.8. The summed E-state index contributed by atoms with van der Waals surface area (Å²) >= 11 is 0. The first-order chi connectivity index (χ1) is 15.6. The fraction of sp³-hybridized carbons (Fsp3) is 0.517. The van der Waals surface area contributed by atoms with Crippen molar-refractivity contribution in [2.45, 2.75) is 83.9 Å². The summed E-state index contributed by atoms with van der Waals surface area (Å²) in [5, 5.41) is 14.6. The maximum Gasteiger partial charge on any atom is 0.123 e. The summed E-state index contributed by atoms with van der Waals surface area (Å²) in [5.74, 6) is 0.168. The van der Waals surface area contributed by atoms with Crippen LogP contribution in [-0.4, -0.2) is 24.1 Å². The van der Waals surface area contributed by atoms with E-state index in [1.165, 1.54) is 47.7 Å². The minimum absolute atomic E-state index is 0.168. The monoisotopic (exact) mass is 442 g/mol. The molecule has 0 aliphatic carbocycles. The number of halogens is 2. The normalized spacial score (nSPS) is 14.0. The number of rotatable bonds is 12. The van der Waals surface area contributed by atoms with E-state index in [0.717, 1.165) is 32.1 Å². The molecule has 0 amide bonds. The van der Waals surface area contributed by atoms with E-state index in [-0.39, 0.29) is 12.6 Å². The van der Waals surface area contributed by atoms with Gasteiger partial charge in [0.25, 0.3) is 0 Å². The quantitative estimate of drug-likeness (QED) is 0.219. The van der Waals surface area contributed by atoms with Crippen LogP contribution < -0.4 is 0 Å². The standard InChI is InChI=1S/C15H30F2O.C14H10/c1-3-4-5-6-9-14(12-16)10-7-8-11-15(18)13(2)17;1-3-7-13-11(5-1)9-10-12-6-2-4-8-14(12)13/h13-15,18H,3-12H2,1-2H3;1-10H. The summed E-state index contributed by atoms with van der Waals surface area (Å²) in [7, 11) is 0. The number of aliphatic hydroxyl groups is 1. The molecule has 0 heterocycles. The lowest BCUT2D eigenvalue weighted by Crippen LogP contribution is -2.18. The molecule has 3 rings (SSSR count). The van der Waals surface area contributed by atoms with Gasteiger partial charge in [-0.15, -0.1) is 0 Å². The van der Waals surface area contributed by atoms with Gasteiger partial charge < -0.3 is 5.11 Å². The van der Waals surface area contributed by atoms with Gasteiger partial charge in [-0.3, -0.25) is 4.39 Å². The summed E-state index contributed by atoms with van der Waals surface area (Å²) in [6.45, 7) is 3.31. The van der Waals surface area contributed by atoms with Crippen LogP contribution in [0.3, 0.4) is 0 Å². The Labute approximate surface area is 192 Å². The zero-order chi connectivity index (χ0) is 23.2. The largest absolute Gasteiger partial charge is 0.390 e. The number of hydrogen-bond donors (Lipinski definition) is 1. The van der Waals surface area contributed by atoms with Crippen molar-refractivity contribution in [2.75, 3.05) is 6.67 Å². The molecule has 0 aliphatic rings. The third kappa shape index (κ3) is 8.86. The van der Waals surface area contributed by atoms with E-state index in [4.69, 9.17) is 0 Å². The molecule has 3 atom stereocenters. The minimum atomic E-state index is -1.16. The zero-order valence-electron chi connectivity index (χ0n) is 19.8. The molecule has 0 saturated heterocycles. The molecule has 0 spiro atoms. The predicted octanol–water partition coefficient (Wildman–Crippen LogP) is 8.81. The van der Waals surface area contributed by atoms with Crippen molar-refractivity contribution in [3.63, 3.8) is 0 Å². The summed E-state index contributed by atoms with van der Waals surface area (Å²) < 4.78 is 25.4. The van der Waals surface area contributed by atoms with Gasteiger partial charge in [-0.1, -0.05) is 106 Å². The molecule has 176 valence electrons. The SMILES string of the molecule is CCCCCCC(CF)CCCCC(O)C(C)F.c1ccc2c(c1)ccc1ccccc12. The van der Waals surface area contributed by atoms with Gasteiger partial charge in [0.15, 0.2) is 0 Å². The molecule has 0 aromatic heterocycles. The molecule has 3 aromatic carbocycles. The molecule has 0 saturated carbocycles. The number of unbranched alkanes of at least 4 members (excludes halogenated alkanes) is 4. The highest BCUT2D eigenvalue weighted by molar-refractivity contribution is 6.07. The molecular formula is C29H40F2O. The summed E-state index contributed by atoms with van der Waals surface area (Å²) in [6, 6.07) is 21.4. The van der Waals surface area contributed by atoms with E-state index >= 15 is 0 Å². The fourth-order valence-corrected chi connectivity index (χ4v) is 4.13. The Morgan fingerprint density at radius 3 is 1.72 bits per heavy atom. The second kappa shape index (κ2) is 14.9. The third-order valence-electron chi connectivity index (χ3n) is 6.23. The van der Waals surface area contributed by atoms with Crippen LogP contribution in [0.1, 0.15) is 71.6 Å². The third-order valence-corrected chi connectivity index (χ3v) is 6.23. The lowest BCUT2D eigenvalue weighted by Gasteiger charge is -2.14. The van der Waals surface area contributed by atoms with Crippen molar-refractivity contribution in [1.29, 1.82) is 0 Å². The van der Waals surface area contributed by atoms with Gasteiger partial charge in [-0.2, -0.15) is 0 Å². The second-order valence-corrected chi connectivity index (χ2v) is 8.91. The van der Waals surface area contributed by atoms with Gasteiger partial charge in [0.1, 0.15) is 6.17 Å². The van der Waals surface area contributed by atoms with Crippen molar-refractivity contribution in [3.05, 3.63) is 60.7 Å². The van der Waals surface area contributed by atoms with Crippen molar-refractivity contribution >= 4 is 21.5 Å². The van der Waals surface area contributed by atoms with Crippen molar-refractivity contribution in [2.24, 2.45) is 5.92 Å². The van der Waals surface area contributed by atoms with Crippen LogP contribution in [0.4, 0.5) is 8.78 Å². The van der Waals surface area contributed by atoms with Crippen LogP contribution in [0.5, 0.6) is 0 Å². The van der Waals surface area contributed by atoms with E-state index in [2.05, 4.69) is 67.6 Å². The van der Waals surface area contributed by atoms with E-state index < -0.39 is 12.3 Å². The Morgan fingerprint density at radius 2 is 1.22 bits per heavy atom. The van der Waals surface area contributed by atoms with Gasteiger partial charge in [-0.25, -0.2) is 4.39 Å². The van der Waals surface area contributed by atoms with Crippen LogP contribution >= 0.6 is 0 Å². The van der Waals surface area contributed by atoms with E-state index in [0.29, 0.717) is 6.42 Å². The smallest absolute Gasteiger partial charge is 0.123 e. The number of alkyl halides is 2. The predicted molar refractivity (Wildman–Crippen MR) is 135 cm³/mol.